The molecule has 0 spiro atoms. The van der Waals surface area contributed by atoms with E-state index in [9.17, 15) is 0 Å². The Bertz CT molecular complexity index is 45.6. The highest BCUT2D eigenvalue weighted by atomic mass is 16.7. The summed E-state index contributed by atoms with van der Waals surface area (Å²) in [5.74, 6) is 0. The summed E-state index contributed by atoms with van der Waals surface area (Å²) in [7, 11) is 0. The summed E-state index contributed by atoms with van der Waals surface area (Å²) in [4.78, 5) is 7.60. The van der Waals surface area contributed by atoms with Gasteiger partial charge in [0.25, 0.3) is 0 Å². The quantitative estimate of drug-likeness (QED) is 0.418. The first-order chi connectivity index (χ1) is 2.50. The lowest BCUT2D eigenvalue weighted by atomic mass is 11.3. The molecular weight excluding hydrogens is 68.0 g/mol. The van der Waals surface area contributed by atoms with Crippen molar-refractivity contribution in [1.82, 2.24) is 5.48 Å². The predicted octanol–water partition coefficient (Wildman–Crippen LogP) is -0.454. The molecule has 0 aromatic carbocycles. The monoisotopic (exact) mass is 70.0 g/mol. The van der Waals surface area contributed by atoms with Gasteiger partial charge in [-0.1, -0.05) is 0 Å². The van der Waals surface area contributed by atoms with Crippen LogP contribution in [0.2, 0.25) is 0 Å². The molecule has 2 radical (unpaired) electrons. The Morgan fingerprint density at radius 3 is 3.20 bits per heavy atom. The molecule has 0 amide bonds. The van der Waals surface area contributed by atoms with E-state index in [1.54, 1.807) is 0 Å². The van der Waals surface area contributed by atoms with Gasteiger partial charge in [-0.2, -0.15) is 0 Å². The van der Waals surface area contributed by atoms with Gasteiger partial charge in [-0.15, -0.1) is 0 Å². The molecular formula is C2H2N2O. The minimum absolute atomic E-state index is 1.40. The van der Waals surface area contributed by atoms with Crippen LogP contribution in [0.4, 0.5) is 0 Å². The zero-order valence-corrected chi connectivity index (χ0v) is 2.43. The number of hydrogen-bond donors (Lipinski definition) is 1. The maximum atomic E-state index is 4.22. The number of nitrogens with one attached hydrogen (secondary N) is 1. The number of rotatable bonds is 0. The van der Waals surface area contributed by atoms with Gasteiger partial charge < -0.3 is 0 Å². The van der Waals surface area contributed by atoms with E-state index in [-0.39, 0.29) is 0 Å². The smallest absolute Gasteiger partial charge is 0.253 e. The van der Waals surface area contributed by atoms with Crippen LogP contribution in [0.3, 0.4) is 0 Å². The predicted molar refractivity (Wildman–Crippen MR) is 16.0 cm³/mol. The highest BCUT2D eigenvalue weighted by molar-refractivity contribution is 5.54. The SMILES string of the molecule is [C]1N=CNO1. The first-order valence-corrected chi connectivity index (χ1v) is 1.18. The third-order valence-corrected chi connectivity index (χ3v) is 0.275. The van der Waals surface area contributed by atoms with Crippen LogP contribution in [0, 0.1) is 6.73 Å². The zero-order chi connectivity index (χ0) is 3.54. The molecule has 5 heavy (non-hydrogen) atoms. The van der Waals surface area contributed by atoms with Gasteiger partial charge in [-0.05, 0) is 0 Å². The minimum Gasteiger partial charge on any atom is -0.253 e. The first-order valence-electron chi connectivity index (χ1n) is 1.18. The molecule has 0 saturated heterocycles. The van der Waals surface area contributed by atoms with Gasteiger partial charge in [-0.3, -0.25) is 5.48 Å². The lowest BCUT2D eigenvalue weighted by molar-refractivity contribution is 0.171. The van der Waals surface area contributed by atoms with Crippen LogP contribution < -0.4 is 5.48 Å². The molecule has 1 aliphatic heterocycles. The van der Waals surface area contributed by atoms with Gasteiger partial charge in [0.1, 0.15) is 6.34 Å². The van der Waals surface area contributed by atoms with Crippen LogP contribution in [-0.2, 0) is 4.84 Å². The minimum atomic E-state index is 1.40. The van der Waals surface area contributed by atoms with E-state index in [1.807, 2.05) is 0 Å². The van der Waals surface area contributed by atoms with Crippen molar-refractivity contribution >= 4 is 6.34 Å². The lowest BCUT2D eigenvalue weighted by Gasteiger charge is -1.76. The van der Waals surface area contributed by atoms with Crippen molar-refractivity contribution in [2.75, 3.05) is 0 Å². The first kappa shape index (κ1) is 2.66. The lowest BCUT2D eigenvalue weighted by Crippen LogP contribution is -1.99. The summed E-state index contributed by atoms with van der Waals surface area (Å²) in [6.07, 6.45) is 1.40. The van der Waals surface area contributed by atoms with Crippen LogP contribution in [-0.4, -0.2) is 6.34 Å². The van der Waals surface area contributed by atoms with E-state index < -0.39 is 0 Å². The Morgan fingerprint density at radius 2 is 3.00 bits per heavy atom. The number of aliphatic imine (C=N–C) groups is 1. The van der Waals surface area contributed by atoms with Crippen LogP contribution in [0.15, 0.2) is 4.99 Å². The fraction of sp³-hybridized carbons (Fsp3) is 0. The van der Waals surface area contributed by atoms with Gasteiger partial charge >= 0.3 is 6.73 Å². The van der Waals surface area contributed by atoms with Crippen molar-refractivity contribution < 1.29 is 4.84 Å². The largest absolute Gasteiger partial charge is 0.300 e. The van der Waals surface area contributed by atoms with Gasteiger partial charge in [0.05, 0.1) is 0 Å². The molecule has 0 fully saturated rings. The van der Waals surface area contributed by atoms with E-state index in [0.717, 1.165) is 0 Å². The molecule has 3 nitrogen and oxygen atoms in total. The summed E-state index contributed by atoms with van der Waals surface area (Å²) in [5, 5.41) is 0. The van der Waals surface area contributed by atoms with Gasteiger partial charge in [0, 0.05) is 0 Å². The molecule has 0 aliphatic carbocycles. The van der Waals surface area contributed by atoms with Crippen LogP contribution in [0.5, 0.6) is 0 Å². The molecule has 0 aromatic rings. The summed E-state index contributed by atoms with van der Waals surface area (Å²) < 4.78 is 0. The molecule has 26 valence electrons. The molecule has 0 bridgehead atoms. The molecule has 3 heteroatoms. The molecule has 0 saturated carbocycles. The summed E-state index contributed by atoms with van der Waals surface area (Å²) >= 11 is 0. The number of hydrogen-bond acceptors (Lipinski definition) is 3. The van der Waals surface area contributed by atoms with E-state index in [2.05, 4.69) is 22.0 Å². The normalized spacial score (nSPS) is 19.2. The van der Waals surface area contributed by atoms with Gasteiger partial charge in [0.2, 0.25) is 0 Å². The molecule has 1 N–H and O–H groups in total. The van der Waals surface area contributed by atoms with E-state index >= 15 is 0 Å². The van der Waals surface area contributed by atoms with Crippen molar-refractivity contribution in [2.45, 2.75) is 0 Å². The molecule has 1 aliphatic rings. The molecule has 1 heterocycles. The zero-order valence-electron chi connectivity index (χ0n) is 2.43. The highest BCUT2D eigenvalue weighted by Gasteiger charge is 1.86. The Balaban J connectivity index is 2.32. The third kappa shape index (κ3) is 0.357. The van der Waals surface area contributed by atoms with Gasteiger partial charge in [0.15, 0.2) is 0 Å². The Hall–Kier alpha value is -0.570. The molecule has 1 rings (SSSR count). The van der Waals surface area contributed by atoms with Crippen molar-refractivity contribution in [3.8, 4) is 0 Å². The maximum Gasteiger partial charge on any atom is 0.300 e. The second-order valence-electron chi connectivity index (χ2n) is 0.569. The topological polar surface area (TPSA) is 33.6 Å². The van der Waals surface area contributed by atoms with E-state index in [1.165, 1.54) is 6.34 Å². The standard InChI is InChI=1S/C2H2N2O/c1-3-2-5-4-1/h1,4H. The maximum absolute atomic E-state index is 4.22. The van der Waals surface area contributed by atoms with Crippen molar-refractivity contribution in [2.24, 2.45) is 4.99 Å². The van der Waals surface area contributed by atoms with Crippen molar-refractivity contribution in [3.63, 3.8) is 0 Å². The Morgan fingerprint density at radius 1 is 2.00 bits per heavy atom. The molecule has 0 aromatic heterocycles. The fourth-order valence-corrected chi connectivity index (χ4v) is 0.132. The average Bonchev–Trinajstić information content (AvgIpc) is 1.76. The number of nitrogens with zero attached hydrogens (tertiary/aromatic N) is 1. The summed E-state index contributed by atoms with van der Waals surface area (Å²) in [5.41, 5.74) is 2.32. The second-order valence-corrected chi connectivity index (χ2v) is 0.569. The third-order valence-electron chi connectivity index (χ3n) is 0.275. The van der Waals surface area contributed by atoms with Crippen molar-refractivity contribution in [3.05, 3.63) is 6.73 Å². The molecule has 0 unspecified atom stereocenters. The fourth-order valence-electron chi connectivity index (χ4n) is 0.132. The summed E-state index contributed by atoms with van der Waals surface area (Å²) in [6.45, 7) is 2.18. The average molecular weight is 70.1 g/mol. The molecule has 0 atom stereocenters. The second kappa shape index (κ2) is 1.03. The Kier molecular flexibility index (Phi) is 0.548. The van der Waals surface area contributed by atoms with E-state index in [4.69, 9.17) is 0 Å². The van der Waals surface area contributed by atoms with Crippen LogP contribution in [0.1, 0.15) is 0 Å². The van der Waals surface area contributed by atoms with Crippen LogP contribution >= 0.6 is 0 Å². The number of hydroxylamine groups is 1. The van der Waals surface area contributed by atoms with Crippen LogP contribution in [0.25, 0.3) is 0 Å². The van der Waals surface area contributed by atoms with Crippen molar-refractivity contribution in [1.29, 1.82) is 0 Å². The Labute approximate surface area is 29.6 Å². The van der Waals surface area contributed by atoms with Gasteiger partial charge in [-0.25, -0.2) is 9.83 Å². The van der Waals surface area contributed by atoms with E-state index in [0.29, 0.717) is 0 Å². The summed E-state index contributed by atoms with van der Waals surface area (Å²) in [6, 6.07) is 0. The highest BCUT2D eigenvalue weighted by Crippen LogP contribution is 1.79.